The molecule has 3 heterocycles. The summed E-state index contributed by atoms with van der Waals surface area (Å²) in [5.74, 6) is 0.0157. The fourth-order valence-electron chi connectivity index (χ4n) is 6.95. The molecule has 3 amide bonds. The smallest absolute Gasteiger partial charge is 0.327 e. The molecule has 1 spiro atoms. The maximum absolute atomic E-state index is 14.0. The van der Waals surface area contributed by atoms with Gasteiger partial charge in [0.2, 0.25) is 0 Å². The van der Waals surface area contributed by atoms with Crippen molar-refractivity contribution in [2.75, 3.05) is 44.2 Å². The summed E-state index contributed by atoms with van der Waals surface area (Å²) in [7, 11) is 0. The summed E-state index contributed by atoms with van der Waals surface area (Å²) in [6.45, 7) is 5.88. The standard InChI is InChI=1S/C30H39N5O2/c31-14-5-17-34-29(37)35(27-20-24-6-1-2-7-25(24)21-27)28(36)30(34)12-18-32(19-13-30)22-23-8-10-26(11-9-23)33-15-3-4-16-33/h1-2,6-11,27H,3-5,12-22,31H2. The van der Waals surface area contributed by atoms with Gasteiger partial charge in [-0.05, 0) is 80.3 Å². The molecule has 196 valence electrons. The minimum absolute atomic E-state index is 0.0157. The molecule has 3 saturated heterocycles. The van der Waals surface area contributed by atoms with Gasteiger partial charge in [-0.25, -0.2) is 4.79 Å². The van der Waals surface area contributed by atoms with Crippen LogP contribution < -0.4 is 10.6 Å². The van der Waals surface area contributed by atoms with Crippen LogP contribution in [0.25, 0.3) is 0 Å². The second kappa shape index (κ2) is 10.1. The van der Waals surface area contributed by atoms with Crippen molar-refractivity contribution in [3.63, 3.8) is 0 Å². The Labute approximate surface area is 220 Å². The third kappa shape index (κ3) is 4.42. The summed E-state index contributed by atoms with van der Waals surface area (Å²) in [6.07, 6.45) is 6.17. The van der Waals surface area contributed by atoms with Gasteiger partial charge in [0.15, 0.2) is 0 Å². The van der Waals surface area contributed by atoms with Crippen LogP contribution in [-0.2, 0) is 24.2 Å². The molecule has 0 saturated carbocycles. The molecule has 4 aliphatic rings. The van der Waals surface area contributed by atoms with Crippen molar-refractivity contribution >= 4 is 17.6 Å². The molecule has 6 rings (SSSR count). The SMILES string of the molecule is NCCCN1C(=O)N(C2Cc3ccccc3C2)C(=O)C12CCN(Cc1ccc(N3CCCC3)cc1)CC2. The first-order valence-electron chi connectivity index (χ1n) is 14.1. The molecular weight excluding hydrogens is 462 g/mol. The normalized spacial score (nSPS) is 22.0. The molecule has 0 radical (unpaired) electrons. The van der Waals surface area contributed by atoms with Gasteiger partial charge < -0.3 is 15.5 Å². The maximum atomic E-state index is 14.0. The second-order valence-corrected chi connectivity index (χ2v) is 11.3. The highest BCUT2D eigenvalue weighted by molar-refractivity contribution is 6.07. The Kier molecular flexibility index (Phi) is 6.67. The Morgan fingerprint density at radius 3 is 2.14 bits per heavy atom. The van der Waals surface area contributed by atoms with Crippen molar-refractivity contribution in [3.8, 4) is 0 Å². The fourth-order valence-corrected chi connectivity index (χ4v) is 6.95. The van der Waals surface area contributed by atoms with Gasteiger partial charge in [0.25, 0.3) is 5.91 Å². The van der Waals surface area contributed by atoms with Crippen molar-refractivity contribution < 1.29 is 9.59 Å². The van der Waals surface area contributed by atoms with Crippen LogP contribution in [0.1, 0.15) is 48.8 Å². The number of piperidine rings is 1. The number of fused-ring (bicyclic) bond motifs is 1. The van der Waals surface area contributed by atoms with Crippen molar-refractivity contribution in [2.45, 2.75) is 63.1 Å². The molecule has 0 atom stereocenters. The highest BCUT2D eigenvalue weighted by Crippen LogP contribution is 2.40. The molecule has 0 bridgehead atoms. The van der Waals surface area contributed by atoms with Crippen LogP contribution in [0.4, 0.5) is 10.5 Å². The Balaban J connectivity index is 1.14. The molecule has 0 unspecified atom stereocenters. The van der Waals surface area contributed by atoms with Crippen molar-refractivity contribution in [2.24, 2.45) is 5.73 Å². The van der Waals surface area contributed by atoms with Gasteiger partial charge in [0.1, 0.15) is 5.54 Å². The average Bonchev–Trinajstić information content (AvgIpc) is 3.64. The molecular formula is C30H39N5O2. The first kappa shape index (κ1) is 24.4. The molecule has 3 fully saturated rings. The highest BCUT2D eigenvalue weighted by Gasteiger charge is 2.59. The zero-order chi connectivity index (χ0) is 25.4. The van der Waals surface area contributed by atoms with Gasteiger partial charge >= 0.3 is 6.03 Å². The van der Waals surface area contributed by atoms with E-state index in [0.29, 0.717) is 32.4 Å². The summed E-state index contributed by atoms with van der Waals surface area (Å²) in [4.78, 5) is 36.2. The minimum Gasteiger partial charge on any atom is -0.372 e. The van der Waals surface area contributed by atoms with Crippen LogP contribution in [0.15, 0.2) is 48.5 Å². The van der Waals surface area contributed by atoms with E-state index in [2.05, 4.69) is 46.2 Å². The summed E-state index contributed by atoms with van der Waals surface area (Å²) >= 11 is 0. The summed E-state index contributed by atoms with van der Waals surface area (Å²) in [6, 6.07) is 17.1. The zero-order valence-electron chi connectivity index (χ0n) is 21.8. The molecule has 7 nitrogen and oxygen atoms in total. The van der Waals surface area contributed by atoms with E-state index in [4.69, 9.17) is 5.73 Å². The topological polar surface area (TPSA) is 73.1 Å². The number of nitrogens with zero attached hydrogens (tertiary/aromatic N) is 4. The monoisotopic (exact) mass is 501 g/mol. The van der Waals surface area contributed by atoms with Gasteiger partial charge in [-0.2, -0.15) is 0 Å². The van der Waals surface area contributed by atoms with Crippen LogP contribution in [0, 0.1) is 0 Å². The number of urea groups is 1. The van der Waals surface area contributed by atoms with E-state index >= 15 is 0 Å². The second-order valence-electron chi connectivity index (χ2n) is 11.3. The maximum Gasteiger partial charge on any atom is 0.327 e. The third-order valence-electron chi connectivity index (χ3n) is 9.05. The van der Waals surface area contributed by atoms with Crippen LogP contribution in [0.5, 0.6) is 0 Å². The first-order chi connectivity index (χ1) is 18.1. The number of likely N-dealkylation sites (tertiary alicyclic amines) is 1. The van der Waals surface area contributed by atoms with Crippen LogP contribution in [0.2, 0.25) is 0 Å². The fraction of sp³-hybridized carbons (Fsp3) is 0.533. The van der Waals surface area contributed by atoms with E-state index in [1.807, 2.05) is 17.0 Å². The summed E-state index contributed by atoms with van der Waals surface area (Å²) < 4.78 is 0. The largest absolute Gasteiger partial charge is 0.372 e. The predicted octanol–water partition coefficient (Wildman–Crippen LogP) is 3.40. The Bertz CT molecular complexity index is 1110. The quantitative estimate of drug-likeness (QED) is 0.589. The van der Waals surface area contributed by atoms with E-state index in [0.717, 1.165) is 45.6 Å². The van der Waals surface area contributed by atoms with Gasteiger partial charge in [-0.3, -0.25) is 14.6 Å². The molecule has 2 aromatic rings. The van der Waals surface area contributed by atoms with Gasteiger partial charge in [-0.15, -0.1) is 0 Å². The van der Waals surface area contributed by atoms with E-state index in [9.17, 15) is 9.59 Å². The number of carbonyl (C=O) groups is 2. The van der Waals surface area contributed by atoms with Crippen molar-refractivity contribution in [1.29, 1.82) is 0 Å². The van der Waals surface area contributed by atoms with E-state index in [1.165, 1.54) is 35.2 Å². The van der Waals surface area contributed by atoms with Crippen LogP contribution in [0.3, 0.4) is 0 Å². The number of anilines is 1. The molecule has 2 aromatic carbocycles. The summed E-state index contributed by atoms with van der Waals surface area (Å²) in [5, 5.41) is 0. The molecule has 37 heavy (non-hydrogen) atoms. The molecule has 1 aliphatic carbocycles. The zero-order valence-corrected chi connectivity index (χ0v) is 21.8. The number of hydrogen-bond acceptors (Lipinski definition) is 5. The number of amides is 3. The number of carbonyl (C=O) groups excluding carboxylic acids is 2. The molecule has 3 aliphatic heterocycles. The lowest BCUT2D eigenvalue weighted by Gasteiger charge is -2.42. The minimum atomic E-state index is -0.725. The number of hydrogen-bond donors (Lipinski definition) is 1. The van der Waals surface area contributed by atoms with Gasteiger partial charge in [0, 0.05) is 51.0 Å². The lowest BCUT2D eigenvalue weighted by Crippen LogP contribution is -2.57. The predicted molar refractivity (Wildman–Crippen MR) is 145 cm³/mol. The van der Waals surface area contributed by atoms with E-state index in [1.54, 1.807) is 4.90 Å². The first-order valence-corrected chi connectivity index (χ1v) is 14.1. The molecule has 7 heteroatoms. The van der Waals surface area contributed by atoms with Crippen molar-refractivity contribution in [1.82, 2.24) is 14.7 Å². The number of benzene rings is 2. The van der Waals surface area contributed by atoms with Crippen molar-refractivity contribution in [3.05, 3.63) is 65.2 Å². The average molecular weight is 502 g/mol. The Hall–Kier alpha value is -2.90. The Morgan fingerprint density at radius 2 is 1.51 bits per heavy atom. The van der Waals surface area contributed by atoms with Crippen LogP contribution in [-0.4, -0.2) is 77.5 Å². The van der Waals surface area contributed by atoms with Gasteiger partial charge in [-0.1, -0.05) is 36.4 Å². The Morgan fingerprint density at radius 1 is 0.865 bits per heavy atom. The lowest BCUT2D eigenvalue weighted by molar-refractivity contribution is -0.137. The highest BCUT2D eigenvalue weighted by atomic mass is 16.2. The number of rotatable bonds is 7. The number of nitrogens with two attached hydrogens (primary N) is 1. The third-order valence-corrected chi connectivity index (χ3v) is 9.05. The molecule has 2 N–H and O–H groups in total. The number of imide groups is 1. The van der Waals surface area contributed by atoms with Gasteiger partial charge in [0.05, 0.1) is 0 Å². The van der Waals surface area contributed by atoms with E-state index < -0.39 is 5.54 Å². The van der Waals surface area contributed by atoms with E-state index in [-0.39, 0.29) is 18.0 Å². The summed E-state index contributed by atoms with van der Waals surface area (Å²) in [5.41, 5.74) is 10.2. The molecule has 0 aromatic heterocycles. The lowest BCUT2D eigenvalue weighted by atomic mass is 9.85. The van der Waals surface area contributed by atoms with Crippen LogP contribution >= 0.6 is 0 Å².